The van der Waals surface area contributed by atoms with Crippen LogP contribution in [0.1, 0.15) is 19.4 Å². The van der Waals surface area contributed by atoms with Crippen LogP contribution in [0.3, 0.4) is 0 Å². The van der Waals surface area contributed by atoms with Crippen LogP contribution in [-0.4, -0.2) is 26.0 Å². The molecule has 6 heteroatoms. The topological polar surface area (TPSA) is 81.9 Å². The summed E-state index contributed by atoms with van der Waals surface area (Å²) in [7, 11) is 3.10. The summed E-state index contributed by atoms with van der Waals surface area (Å²) < 4.78 is 10.5. The Hall–Kier alpha value is -3.28. The molecule has 0 heterocycles. The second-order valence-corrected chi connectivity index (χ2v) is 5.70. The van der Waals surface area contributed by atoms with E-state index in [1.807, 2.05) is 0 Å². The predicted molar refractivity (Wildman–Crippen MR) is 102 cm³/mol. The van der Waals surface area contributed by atoms with Crippen molar-refractivity contribution in [2.75, 3.05) is 24.9 Å². The van der Waals surface area contributed by atoms with E-state index in [1.165, 1.54) is 6.92 Å². The standard InChI is InChI=1S/C20H22N2O4/c1-13(10-15-8-9-18(25-3)19(11-15)26-4)20(24)22(14(2)23)17-7-5-6-16(21)12-17/h5-12H,21H2,1-4H3/b13-10+. The van der Waals surface area contributed by atoms with Gasteiger partial charge in [0, 0.05) is 18.2 Å². The second-order valence-electron chi connectivity index (χ2n) is 5.70. The van der Waals surface area contributed by atoms with Gasteiger partial charge in [0.2, 0.25) is 5.91 Å². The van der Waals surface area contributed by atoms with Gasteiger partial charge in [-0.25, -0.2) is 4.90 Å². The third-order valence-electron chi connectivity index (χ3n) is 3.77. The molecule has 0 aliphatic carbocycles. The molecule has 2 aromatic rings. The van der Waals surface area contributed by atoms with E-state index in [1.54, 1.807) is 69.7 Å². The van der Waals surface area contributed by atoms with Crippen molar-refractivity contribution in [3.05, 3.63) is 53.6 Å². The van der Waals surface area contributed by atoms with E-state index in [-0.39, 0.29) is 5.91 Å². The molecule has 6 nitrogen and oxygen atoms in total. The Labute approximate surface area is 152 Å². The summed E-state index contributed by atoms with van der Waals surface area (Å²) in [6, 6.07) is 12.0. The summed E-state index contributed by atoms with van der Waals surface area (Å²) in [6.45, 7) is 2.99. The van der Waals surface area contributed by atoms with Gasteiger partial charge in [0.25, 0.3) is 5.91 Å². The Bertz CT molecular complexity index is 859. The lowest BCUT2D eigenvalue weighted by molar-refractivity contribution is -0.123. The molecule has 0 bridgehead atoms. The SMILES string of the molecule is COc1ccc(/C=C(\C)C(=O)N(C(C)=O)c2cccc(N)c2)cc1OC. The van der Waals surface area contributed by atoms with Gasteiger partial charge in [-0.15, -0.1) is 0 Å². The molecule has 2 N–H and O–H groups in total. The normalized spacial score (nSPS) is 11.0. The summed E-state index contributed by atoms with van der Waals surface area (Å²) in [5.74, 6) is 0.345. The van der Waals surface area contributed by atoms with E-state index in [9.17, 15) is 9.59 Å². The van der Waals surface area contributed by atoms with E-state index in [2.05, 4.69) is 0 Å². The highest BCUT2D eigenvalue weighted by molar-refractivity contribution is 6.21. The van der Waals surface area contributed by atoms with Crippen LogP contribution < -0.4 is 20.1 Å². The number of nitrogens with two attached hydrogens (primary N) is 1. The van der Waals surface area contributed by atoms with Crippen molar-refractivity contribution in [2.24, 2.45) is 0 Å². The first-order valence-electron chi connectivity index (χ1n) is 7.98. The van der Waals surface area contributed by atoms with E-state index >= 15 is 0 Å². The zero-order valence-electron chi connectivity index (χ0n) is 15.3. The predicted octanol–water partition coefficient (Wildman–Crippen LogP) is 3.27. The van der Waals surface area contributed by atoms with Crippen LogP contribution in [-0.2, 0) is 9.59 Å². The third kappa shape index (κ3) is 4.22. The molecule has 0 fully saturated rings. The Kier molecular flexibility index (Phi) is 6.01. The smallest absolute Gasteiger partial charge is 0.260 e. The molecule has 0 atom stereocenters. The molecule has 0 aromatic heterocycles. The van der Waals surface area contributed by atoms with Gasteiger partial charge in [-0.3, -0.25) is 9.59 Å². The van der Waals surface area contributed by atoms with Crippen LogP contribution in [0.15, 0.2) is 48.0 Å². The van der Waals surface area contributed by atoms with Crippen LogP contribution in [0.4, 0.5) is 11.4 Å². The van der Waals surface area contributed by atoms with Gasteiger partial charge < -0.3 is 15.2 Å². The van der Waals surface area contributed by atoms with Crippen LogP contribution in [0.5, 0.6) is 11.5 Å². The first kappa shape index (κ1) is 19.1. The summed E-state index contributed by atoms with van der Waals surface area (Å²) in [6.07, 6.45) is 1.69. The van der Waals surface area contributed by atoms with Crippen LogP contribution in [0.2, 0.25) is 0 Å². The molecular weight excluding hydrogens is 332 g/mol. The average Bonchev–Trinajstić information content (AvgIpc) is 2.61. The van der Waals surface area contributed by atoms with E-state index in [4.69, 9.17) is 15.2 Å². The van der Waals surface area contributed by atoms with Crippen LogP contribution in [0.25, 0.3) is 6.08 Å². The van der Waals surface area contributed by atoms with Crippen molar-refractivity contribution >= 4 is 29.3 Å². The lowest BCUT2D eigenvalue weighted by Gasteiger charge is -2.20. The van der Waals surface area contributed by atoms with Gasteiger partial charge in [-0.05, 0) is 48.9 Å². The molecule has 0 unspecified atom stereocenters. The van der Waals surface area contributed by atoms with Crippen molar-refractivity contribution < 1.29 is 19.1 Å². The largest absolute Gasteiger partial charge is 0.493 e. The molecule has 0 radical (unpaired) electrons. The minimum atomic E-state index is -0.419. The Morgan fingerprint density at radius 3 is 2.27 bits per heavy atom. The molecular formula is C20H22N2O4. The number of methoxy groups -OCH3 is 2. The fourth-order valence-corrected chi connectivity index (χ4v) is 2.54. The van der Waals surface area contributed by atoms with Gasteiger partial charge >= 0.3 is 0 Å². The lowest BCUT2D eigenvalue weighted by Crippen LogP contribution is -2.35. The third-order valence-corrected chi connectivity index (χ3v) is 3.77. The quantitative estimate of drug-likeness (QED) is 0.658. The highest BCUT2D eigenvalue weighted by Gasteiger charge is 2.21. The number of benzene rings is 2. The average molecular weight is 354 g/mol. The molecule has 0 aliphatic rings. The maximum atomic E-state index is 12.8. The number of carbonyl (C=O) groups is 2. The number of hydrogen-bond donors (Lipinski definition) is 1. The number of rotatable bonds is 5. The van der Waals surface area contributed by atoms with Crippen molar-refractivity contribution in [1.29, 1.82) is 0 Å². The van der Waals surface area contributed by atoms with Crippen molar-refractivity contribution in [3.8, 4) is 11.5 Å². The molecule has 0 spiro atoms. The van der Waals surface area contributed by atoms with Gasteiger partial charge in [-0.2, -0.15) is 0 Å². The minimum absolute atomic E-state index is 0.388. The first-order valence-corrected chi connectivity index (χ1v) is 7.98. The van der Waals surface area contributed by atoms with Crippen LogP contribution in [0, 0.1) is 0 Å². The molecule has 0 saturated heterocycles. The van der Waals surface area contributed by atoms with E-state index in [0.717, 1.165) is 10.5 Å². The number of amides is 2. The highest BCUT2D eigenvalue weighted by Crippen LogP contribution is 2.29. The second kappa shape index (κ2) is 8.20. The monoisotopic (exact) mass is 354 g/mol. The molecule has 2 rings (SSSR count). The zero-order valence-corrected chi connectivity index (χ0v) is 15.3. The minimum Gasteiger partial charge on any atom is -0.493 e. The molecule has 2 amide bonds. The molecule has 0 saturated carbocycles. The Balaban J connectivity index is 2.37. The number of nitrogen functional groups attached to an aromatic ring is 1. The van der Waals surface area contributed by atoms with Gasteiger partial charge in [-0.1, -0.05) is 12.1 Å². The molecule has 26 heavy (non-hydrogen) atoms. The molecule has 0 aliphatic heterocycles. The number of carbonyl (C=O) groups excluding carboxylic acids is 2. The zero-order chi connectivity index (χ0) is 19.3. The number of nitrogens with zero attached hydrogens (tertiary/aromatic N) is 1. The first-order chi connectivity index (χ1) is 12.4. The number of anilines is 2. The summed E-state index contributed by atoms with van der Waals surface area (Å²) in [5.41, 5.74) is 7.83. The Morgan fingerprint density at radius 1 is 1.00 bits per heavy atom. The fourth-order valence-electron chi connectivity index (χ4n) is 2.54. The van der Waals surface area contributed by atoms with Crippen molar-refractivity contribution in [3.63, 3.8) is 0 Å². The van der Waals surface area contributed by atoms with Crippen LogP contribution >= 0.6 is 0 Å². The number of imide groups is 1. The van der Waals surface area contributed by atoms with Gasteiger partial charge in [0.1, 0.15) is 0 Å². The van der Waals surface area contributed by atoms with Gasteiger partial charge in [0.15, 0.2) is 11.5 Å². The summed E-state index contributed by atoms with van der Waals surface area (Å²) in [5, 5.41) is 0. The van der Waals surface area contributed by atoms with E-state index in [0.29, 0.717) is 28.4 Å². The molecule has 136 valence electrons. The van der Waals surface area contributed by atoms with Crippen molar-refractivity contribution in [2.45, 2.75) is 13.8 Å². The lowest BCUT2D eigenvalue weighted by atomic mass is 10.1. The fraction of sp³-hybridized carbons (Fsp3) is 0.200. The maximum absolute atomic E-state index is 12.8. The molecule has 2 aromatic carbocycles. The van der Waals surface area contributed by atoms with Crippen molar-refractivity contribution in [1.82, 2.24) is 0 Å². The number of ether oxygens (including phenoxy) is 2. The Morgan fingerprint density at radius 2 is 1.69 bits per heavy atom. The maximum Gasteiger partial charge on any atom is 0.260 e. The number of hydrogen-bond acceptors (Lipinski definition) is 5. The van der Waals surface area contributed by atoms with Gasteiger partial charge in [0.05, 0.1) is 19.9 Å². The summed E-state index contributed by atoms with van der Waals surface area (Å²) >= 11 is 0. The summed E-state index contributed by atoms with van der Waals surface area (Å²) in [4.78, 5) is 26.0. The highest BCUT2D eigenvalue weighted by atomic mass is 16.5. The van der Waals surface area contributed by atoms with E-state index < -0.39 is 5.91 Å².